The normalized spacial score (nSPS) is 10.3. The van der Waals surface area contributed by atoms with Crippen LogP contribution in [0.5, 0.6) is 0 Å². The average molecular weight is 343 g/mol. The van der Waals surface area contributed by atoms with Gasteiger partial charge in [0.05, 0.1) is 5.69 Å². The van der Waals surface area contributed by atoms with Crippen molar-refractivity contribution < 1.29 is 22.8 Å². The third-order valence-corrected chi connectivity index (χ3v) is 3.33. The fourth-order valence-corrected chi connectivity index (χ4v) is 1.84. The SMILES string of the molecule is Cc1ccc(NC(=O)C(=O)Nc2ccc(F)c(F)c2F)cc1Cl. The summed E-state index contributed by atoms with van der Waals surface area (Å²) in [6.45, 7) is 1.76. The Bertz CT molecular complexity index is 797. The van der Waals surface area contributed by atoms with E-state index in [0.29, 0.717) is 11.1 Å². The van der Waals surface area contributed by atoms with Crippen molar-refractivity contribution in [2.45, 2.75) is 6.92 Å². The highest BCUT2D eigenvalue weighted by Crippen LogP contribution is 2.21. The van der Waals surface area contributed by atoms with Gasteiger partial charge in [0.15, 0.2) is 17.5 Å². The fraction of sp³-hybridized carbons (Fsp3) is 0.0667. The van der Waals surface area contributed by atoms with Crippen LogP contribution in [0.1, 0.15) is 5.56 Å². The van der Waals surface area contributed by atoms with Crippen LogP contribution in [0.4, 0.5) is 24.5 Å². The minimum atomic E-state index is -1.74. The summed E-state index contributed by atoms with van der Waals surface area (Å²) in [4.78, 5) is 23.4. The second-order valence-corrected chi connectivity index (χ2v) is 5.00. The minimum Gasteiger partial charge on any atom is -0.318 e. The number of nitrogens with one attached hydrogen (secondary N) is 2. The Morgan fingerprint density at radius 1 is 0.957 bits per heavy atom. The first kappa shape index (κ1) is 16.8. The Kier molecular flexibility index (Phi) is 4.90. The van der Waals surface area contributed by atoms with Crippen molar-refractivity contribution in [1.29, 1.82) is 0 Å². The molecular weight excluding hydrogens is 333 g/mol. The predicted molar refractivity (Wildman–Crippen MR) is 79.8 cm³/mol. The highest BCUT2D eigenvalue weighted by molar-refractivity contribution is 6.43. The van der Waals surface area contributed by atoms with Crippen molar-refractivity contribution in [2.24, 2.45) is 0 Å². The van der Waals surface area contributed by atoms with Gasteiger partial charge in [-0.3, -0.25) is 9.59 Å². The fourth-order valence-electron chi connectivity index (χ4n) is 1.66. The molecule has 0 radical (unpaired) electrons. The zero-order chi connectivity index (χ0) is 17.1. The van der Waals surface area contributed by atoms with Crippen molar-refractivity contribution in [3.05, 3.63) is 58.4 Å². The molecule has 0 heterocycles. The molecule has 23 heavy (non-hydrogen) atoms. The van der Waals surface area contributed by atoms with Gasteiger partial charge in [-0.15, -0.1) is 0 Å². The van der Waals surface area contributed by atoms with Crippen molar-refractivity contribution >= 4 is 34.8 Å². The number of hydrogen-bond acceptors (Lipinski definition) is 2. The Balaban J connectivity index is 2.10. The standard InChI is InChI=1S/C15H10ClF3N2O2/c1-7-2-3-8(6-9(7)16)20-14(22)15(23)21-11-5-4-10(17)12(18)13(11)19/h2-6H,1H3,(H,20,22)(H,21,23). The monoisotopic (exact) mass is 342 g/mol. The molecule has 0 aliphatic carbocycles. The van der Waals surface area contributed by atoms with E-state index >= 15 is 0 Å². The maximum absolute atomic E-state index is 13.4. The van der Waals surface area contributed by atoms with E-state index in [-0.39, 0.29) is 5.69 Å². The highest BCUT2D eigenvalue weighted by atomic mass is 35.5. The predicted octanol–water partition coefficient (Wildman–Crippen LogP) is 3.64. The third-order valence-electron chi connectivity index (χ3n) is 2.92. The number of hydrogen-bond donors (Lipinski definition) is 2. The lowest BCUT2D eigenvalue weighted by Gasteiger charge is -2.09. The van der Waals surface area contributed by atoms with Gasteiger partial charge in [-0.2, -0.15) is 0 Å². The van der Waals surface area contributed by atoms with Gasteiger partial charge in [-0.25, -0.2) is 13.2 Å². The lowest BCUT2D eigenvalue weighted by molar-refractivity contribution is -0.133. The summed E-state index contributed by atoms with van der Waals surface area (Å²) in [6, 6.07) is 6.02. The number of carbonyl (C=O) groups excluding carboxylic acids is 2. The van der Waals surface area contributed by atoms with Gasteiger partial charge in [0, 0.05) is 10.7 Å². The zero-order valence-electron chi connectivity index (χ0n) is 11.7. The van der Waals surface area contributed by atoms with Gasteiger partial charge < -0.3 is 10.6 Å². The lowest BCUT2D eigenvalue weighted by atomic mass is 10.2. The van der Waals surface area contributed by atoms with Crippen molar-refractivity contribution in [3.63, 3.8) is 0 Å². The lowest BCUT2D eigenvalue weighted by Crippen LogP contribution is -2.29. The number of anilines is 2. The van der Waals surface area contributed by atoms with Gasteiger partial charge in [0.1, 0.15) is 0 Å². The van der Waals surface area contributed by atoms with E-state index in [9.17, 15) is 22.8 Å². The van der Waals surface area contributed by atoms with Crippen LogP contribution in [0.2, 0.25) is 5.02 Å². The van der Waals surface area contributed by atoms with Crippen LogP contribution in [0.3, 0.4) is 0 Å². The second kappa shape index (κ2) is 6.70. The maximum atomic E-state index is 13.4. The number of amides is 2. The first-order valence-corrected chi connectivity index (χ1v) is 6.69. The molecule has 0 aromatic heterocycles. The van der Waals surface area contributed by atoms with E-state index in [2.05, 4.69) is 5.32 Å². The molecule has 0 aliphatic rings. The van der Waals surface area contributed by atoms with Crippen LogP contribution in [0.15, 0.2) is 30.3 Å². The maximum Gasteiger partial charge on any atom is 0.314 e. The van der Waals surface area contributed by atoms with Gasteiger partial charge in [-0.05, 0) is 36.8 Å². The van der Waals surface area contributed by atoms with E-state index in [1.165, 1.54) is 12.1 Å². The number of benzene rings is 2. The zero-order valence-corrected chi connectivity index (χ0v) is 12.5. The number of carbonyl (C=O) groups is 2. The molecule has 0 bridgehead atoms. The highest BCUT2D eigenvalue weighted by Gasteiger charge is 2.19. The van der Waals surface area contributed by atoms with Crippen LogP contribution < -0.4 is 10.6 Å². The quantitative estimate of drug-likeness (QED) is 0.646. The smallest absolute Gasteiger partial charge is 0.314 e. The number of aryl methyl sites for hydroxylation is 1. The number of halogens is 4. The molecule has 2 rings (SSSR count). The molecular formula is C15H10ClF3N2O2. The summed E-state index contributed by atoms with van der Waals surface area (Å²) < 4.78 is 39.3. The Morgan fingerprint density at radius 3 is 2.26 bits per heavy atom. The molecule has 0 fully saturated rings. The summed E-state index contributed by atoms with van der Waals surface area (Å²) in [6.07, 6.45) is 0. The molecule has 0 unspecified atom stereocenters. The van der Waals surface area contributed by atoms with Crippen LogP contribution >= 0.6 is 11.6 Å². The van der Waals surface area contributed by atoms with E-state index < -0.39 is 35.0 Å². The Hall–Kier alpha value is -2.54. The van der Waals surface area contributed by atoms with Crippen LogP contribution in [-0.4, -0.2) is 11.8 Å². The molecule has 8 heteroatoms. The van der Waals surface area contributed by atoms with Crippen LogP contribution in [0, 0.1) is 24.4 Å². The summed E-state index contributed by atoms with van der Waals surface area (Å²) in [5.41, 5.74) is 0.385. The molecule has 2 aromatic rings. The molecule has 0 spiro atoms. The summed E-state index contributed by atoms with van der Waals surface area (Å²) in [7, 11) is 0. The number of rotatable bonds is 2. The molecule has 0 saturated carbocycles. The molecule has 0 atom stereocenters. The molecule has 4 nitrogen and oxygen atoms in total. The van der Waals surface area contributed by atoms with E-state index in [1.807, 2.05) is 5.32 Å². The van der Waals surface area contributed by atoms with Crippen LogP contribution in [-0.2, 0) is 9.59 Å². The van der Waals surface area contributed by atoms with Gasteiger partial charge in [0.25, 0.3) is 0 Å². The van der Waals surface area contributed by atoms with Crippen molar-refractivity contribution in [3.8, 4) is 0 Å². The van der Waals surface area contributed by atoms with Gasteiger partial charge >= 0.3 is 11.8 Å². The summed E-state index contributed by atoms with van der Waals surface area (Å²) >= 11 is 5.88. The van der Waals surface area contributed by atoms with Gasteiger partial charge in [0.2, 0.25) is 0 Å². The molecule has 2 amide bonds. The third kappa shape index (κ3) is 3.81. The second-order valence-electron chi connectivity index (χ2n) is 4.60. The molecule has 0 aliphatic heterocycles. The first-order chi connectivity index (χ1) is 10.8. The summed E-state index contributed by atoms with van der Waals surface area (Å²) in [5, 5.41) is 4.49. The topological polar surface area (TPSA) is 58.2 Å². The van der Waals surface area contributed by atoms with Crippen molar-refractivity contribution in [1.82, 2.24) is 0 Å². The molecule has 0 saturated heterocycles. The largest absolute Gasteiger partial charge is 0.318 e. The van der Waals surface area contributed by atoms with Crippen molar-refractivity contribution in [2.75, 3.05) is 10.6 Å². The molecule has 120 valence electrons. The van der Waals surface area contributed by atoms with E-state index in [4.69, 9.17) is 11.6 Å². The van der Waals surface area contributed by atoms with Gasteiger partial charge in [-0.1, -0.05) is 17.7 Å². The molecule has 2 aromatic carbocycles. The Labute approximate surface area is 134 Å². The first-order valence-electron chi connectivity index (χ1n) is 6.31. The summed E-state index contributed by atoms with van der Waals surface area (Å²) in [5.74, 6) is -7.10. The van der Waals surface area contributed by atoms with Crippen LogP contribution in [0.25, 0.3) is 0 Å². The molecule has 2 N–H and O–H groups in total. The van der Waals surface area contributed by atoms with E-state index in [0.717, 1.165) is 11.6 Å². The van der Waals surface area contributed by atoms with E-state index in [1.54, 1.807) is 13.0 Å². The minimum absolute atomic E-state index is 0.256. The Morgan fingerprint density at radius 2 is 1.61 bits per heavy atom. The average Bonchev–Trinajstić information content (AvgIpc) is 2.51.